The van der Waals surface area contributed by atoms with Crippen LogP contribution in [0.3, 0.4) is 0 Å². The second-order valence-corrected chi connectivity index (χ2v) is 5.22. The molecule has 2 rings (SSSR count). The van der Waals surface area contributed by atoms with Crippen LogP contribution >= 0.6 is 0 Å². The zero-order chi connectivity index (χ0) is 11.0. The molecule has 0 amide bonds. The van der Waals surface area contributed by atoms with E-state index in [-0.39, 0.29) is 0 Å². The third-order valence-electron chi connectivity index (χ3n) is 2.60. The molecule has 0 saturated heterocycles. The molecule has 0 aliphatic heterocycles. The summed E-state index contributed by atoms with van der Waals surface area (Å²) in [4.78, 5) is 4.26. The largest absolute Gasteiger partial charge is 0.247 e. The van der Waals surface area contributed by atoms with E-state index in [0.717, 1.165) is 11.0 Å². The summed E-state index contributed by atoms with van der Waals surface area (Å²) < 4.78 is 13.5. The van der Waals surface area contributed by atoms with Gasteiger partial charge in [-0.15, -0.1) is 0 Å². The first-order valence-electron chi connectivity index (χ1n) is 4.96. The molecule has 1 aromatic heterocycles. The summed E-state index contributed by atoms with van der Waals surface area (Å²) in [6.07, 6.45) is 1.66. The van der Waals surface area contributed by atoms with Crippen LogP contribution in [0, 0.1) is 13.8 Å². The molecule has 1 aromatic carbocycles. The van der Waals surface area contributed by atoms with E-state index in [9.17, 15) is 4.21 Å². The average Bonchev–Trinajstić information content (AvgIpc) is 2.61. The van der Waals surface area contributed by atoms with Gasteiger partial charge in [0.2, 0.25) is 0 Å². The van der Waals surface area contributed by atoms with Gasteiger partial charge in [-0.3, -0.25) is 0 Å². The number of fused-ring (bicyclic) bond motifs is 1. The van der Waals surface area contributed by atoms with Gasteiger partial charge in [0.1, 0.15) is 17.3 Å². The number of aryl methyl sites for hydroxylation is 2. The third kappa shape index (κ3) is 1.69. The minimum atomic E-state index is -0.995. The first-order chi connectivity index (χ1) is 7.13. The predicted molar refractivity (Wildman–Crippen MR) is 63.3 cm³/mol. The van der Waals surface area contributed by atoms with Crippen LogP contribution in [0.4, 0.5) is 0 Å². The molecule has 0 bridgehead atoms. The Labute approximate surface area is 91.7 Å². The van der Waals surface area contributed by atoms with Gasteiger partial charge in [-0.1, -0.05) is 6.92 Å². The van der Waals surface area contributed by atoms with Gasteiger partial charge in [0.15, 0.2) is 0 Å². The fraction of sp³-hybridized carbons (Fsp3) is 0.364. The van der Waals surface area contributed by atoms with E-state index in [1.807, 2.05) is 19.1 Å². The van der Waals surface area contributed by atoms with Gasteiger partial charge in [-0.25, -0.2) is 13.2 Å². The Kier molecular flexibility index (Phi) is 2.61. The highest BCUT2D eigenvalue weighted by atomic mass is 32.2. The first kappa shape index (κ1) is 10.4. The van der Waals surface area contributed by atoms with E-state index in [4.69, 9.17) is 0 Å². The maximum atomic E-state index is 11.7. The van der Waals surface area contributed by atoms with Gasteiger partial charge in [0, 0.05) is 5.75 Å². The predicted octanol–water partition coefficient (Wildman–Crippen LogP) is 2.18. The number of benzene rings is 1. The van der Waals surface area contributed by atoms with Crippen molar-refractivity contribution in [3.05, 3.63) is 29.6 Å². The molecule has 80 valence electrons. The van der Waals surface area contributed by atoms with E-state index in [1.54, 1.807) is 10.3 Å². The molecule has 0 aliphatic rings. The van der Waals surface area contributed by atoms with E-state index in [2.05, 4.69) is 18.8 Å². The van der Waals surface area contributed by atoms with Gasteiger partial charge >= 0.3 is 0 Å². The number of imidazole rings is 1. The molecular formula is C11H14N2OS. The molecule has 0 N–H and O–H groups in total. The zero-order valence-electron chi connectivity index (χ0n) is 9.15. The molecule has 4 heteroatoms. The number of rotatable bonds is 2. The average molecular weight is 222 g/mol. The van der Waals surface area contributed by atoms with Crippen LogP contribution in [0.15, 0.2) is 18.5 Å². The standard InChI is InChI=1S/C11H14N2OS/c1-4-15(14)13-7-12-10-5-8(2)9(3)6-11(10)13/h5-7H,4H2,1-3H3. The second-order valence-electron chi connectivity index (χ2n) is 3.61. The van der Waals surface area contributed by atoms with Gasteiger partial charge in [0.25, 0.3) is 0 Å². The zero-order valence-corrected chi connectivity index (χ0v) is 9.97. The van der Waals surface area contributed by atoms with Crippen LogP contribution in [0.5, 0.6) is 0 Å². The Morgan fingerprint density at radius 2 is 2.00 bits per heavy atom. The SMILES string of the molecule is CCS(=O)n1cnc2cc(C)c(C)cc21. The number of nitrogens with zero attached hydrogens (tertiary/aromatic N) is 2. The normalized spacial score (nSPS) is 13.3. The molecule has 1 atom stereocenters. The summed E-state index contributed by atoms with van der Waals surface area (Å²) in [5.41, 5.74) is 4.30. The topological polar surface area (TPSA) is 34.9 Å². The van der Waals surface area contributed by atoms with Crippen LogP contribution in [0.2, 0.25) is 0 Å². The summed E-state index contributed by atoms with van der Waals surface area (Å²) in [6.45, 7) is 6.02. The van der Waals surface area contributed by atoms with Gasteiger partial charge in [-0.2, -0.15) is 0 Å². The Balaban J connectivity index is 2.69. The fourth-order valence-electron chi connectivity index (χ4n) is 1.54. The Hall–Kier alpha value is -1.16. The number of hydrogen-bond donors (Lipinski definition) is 0. The lowest BCUT2D eigenvalue weighted by Gasteiger charge is -2.03. The molecule has 0 saturated carbocycles. The lowest BCUT2D eigenvalue weighted by atomic mass is 10.1. The number of aromatic nitrogens is 2. The summed E-state index contributed by atoms with van der Waals surface area (Å²) in [7, 11) is -0.995. The molecule has 0 radical (unpaired) electrons. The highest BCUT2D eigenvalue weighted by Crippen LogP contribution is 2.18. The van der Waals surface area contributed by atoms with Crippen molar-refractivity contribution in [2.45, 2.75) is 20.8 Å². The summed E-state index contributed by atoms with van der Waals surface area (Å²) >= 11 is 0. The van der Waals surface area contributed by atoms with E-state index >= 15 is 0 Å². The number of hydrogen-bond acceptors (Lipinski definition) is 2. The summed E-state index contributed by atoms with van der Waals surface area (Å²) in [6, 6.07) is 4.08. The summed E-state index contributed by atoms with van der Waals surface area (Å²) in [5, 5.41) is 0. The molecule has 1 heterocycles. The molecule has 1 unspecified atom stereocenters. The second kappa shape index (κ2) is 3.77. The minimum Gasteiger partial charge on any atom is -0.247 e. The van der Waals surface area contributed by atoms with Gasteiger partial charge in [0.05, 0.1) is 11.0 Å². The lowest BCUT2D eigenvalue weighted by molar-refractivity contribution is 0.679. The van der Waals surface area contributed by atoms with Crippen LogP contribution in [-0.4, -0.2) is 18.9 Å². The van der Waals surface area contributed by atoms with Gasteiger partial charge < -0.3 is 0 Å². The Morgan fingerprint density at radius 1 is 1.33 bits per heavy atom. The van der Waals surface area contributed by atoms with Crippen molar-refractivity contribution < 1.29 is 4.21 Å². The van der Waals surface area contributed by atoms with Crippen LogP contribution in [0.25, 0.3) is 11.0 Å². The molecule has 15 heavy (non-hydrogen) atoms. The highest BCUT2D eigenvalue weighted by molar-refractivity contribution is 7.83. The van der Waals surface area contributed by atoms with Crippen LogP contribution < -0.4 is 0 Å². The van der Waals surface area contributed by atoms with E-state index < -0.39 is 11.0 Å². The van der Waals surface area contributed by atoms with Crippen LogP contribution in [0.1, 0.15) is 18.1 Å². The van der Waals surface area contributed by atoms with E-state index in [0.29, 0.717) is 5.75 Å². The van der Waals surface area contributed by atoms with Crippen molar-refractivity contribution in [2.75, 3.05) is 5.75 Å². The molecule has 3 nitrogen and oxygen atoms in total. The molecule has 0 fully saturated rings. The quantitative estimate of drug-likeness (QED) is 0.780. The lowest BCUT2D eigenvalue weighted by Crippen LogP contribution is -2.04. The van der Waals surface area contributed by atoms with Crippen LogP contribution in [-0.2, 0) is 11.0 Å². The molecule has 2 aromatic rings. The molecule has 0 aliphatic carbocycles. The highest BCUT2D eigenvalue weighted by Gasteiger charge is 2.08. The van der Waals surface area contributed by atoms with Crippen molar-refractivity contribution in [1.29, 1.82) is 0 Å². The van der Waals surface area contributed by atoms with E-state index in [1.165, 1.54) is 11.1 Å². The maximum absolute atomic E-state index is 11.7. The fourth-order valence-corrected chi connectivity index (χ4v) is 2.34. The smallest absolute Gasteiger partial charge is 0.125 e. The monoisotopic (exact) mass is 222 g/mol. The Bertz CT molecular complexity index is 531. The third-order valence-corrected chi connectivity index (χ3v) is 3.82. The van der Waals surface area contributed by atoms with Crippen molar-refractivity contribution in [3.63, 3.8) is 0 Å². The minimum absolute atomic E-state index is 0.610. The van der Waals surface area contributed by atoms with Crippen molar-refractivity contribution in [2.24, 2.45) is 0 Å². The van der Waals surface area contributed by atoms with Gasteiger partial charge in [-0.05, 0) is 37.1 Å². The van der Waals surface area contributed by atoms with Crippen molar-refractivity contribution in [1.82, 2.24) is 8.96 Å². The summed E-state index contributed by atoms with van der Waals surface area (Å²) in [5.74, 6) is 0.610. The van der Waals surface area contributed by atoms with Crippen molar-refractivity contribution in [3.8, 4) is 0 Å². The van der Waals surface area contributed by atoms with Crippen molar-refractivity contribution >= 4 is 22.0 Å². The first-order valence-corrected chi connectivity index (χ1v) is 6.24. The molecular weight excluding hydrogens is 208 g/mol. The molecule has 0 spiro atoms. The Morgan fingerprint density at radius 3 is 2.67 bits per heavy atom. The maximum Gasteiger partial charge on any atom is 0.125 e.